The number of nitrogens with zero attached hydrogens (tertiary/aromatic N) is 1. The van der Waals surface area contributed by atoms with E-state index in [1.165, 1.54) is 17.2 Å². The van der Waals surface area contributed by atoms with Crippen LogP contribution in [0.4, 0.5) is 0 Å². The first kappa shape index (κ1) is 22.9. The van der Waals surface area contributed by atoms with E-state index in [0.717, 1.165) is 25.7 Å². The summed E-state index contributed by atoms with van der Waals surface area (Å²) in [5.74, 6) is -0.196. The van der Waals surface area contributed by atoms with E-state index in [1.807, 2.05) is 26.0 Å². The molecule has 2 atom stereocenters. The van der Waals surface area contributed by atoms with Crippen LogP contribution in [0.5, 0.6) is 0 Å². The number of piperazine rings is 1. The molecule has 0 aromatic heterocycles. The van der Waals surface area contributed by atoms with E-state index < -0.39 is 12.1 Å². The molecule has 2 amide bonds. The van der Waals surface area contributed by atoms with Gasteiger partial charge in [-0.15, -0.1) is 0 Å². The molecular weight excluding hydrogens is 416 g/mol. The normalized spacial score (nSPS) is 20.6. The van der Waals surface area contributed by atoms with Crippen LogP contribution >= 0.6 is 0 Å². The molecule has 6 nitrogen and oxygen atoms in total. The zero-order valence-electron chi connectivity index (χ0n) is 19.1. The Morgan fingerprint density at radius 1 is 1.00 bits per heavy atom. The largest absolute Gasteiger partial charge is 0.342 e. The number of fused-ring (bicyclic) bond motifs is 1. The zero-order chi connectivity index (χ0) is 23.5. The van der Waals surface area contributed by atoms with Crippen LogP contribution in [0.2, 0.25) is 0 Å². The summed E-state index contributed by atoms with van der Waals surface area (Å²) in [6.45, 7) is 4.22. The Labute approximate surface area is 194 Å². The van der Waals surface area contributed by atoms with E-state index in [9.17, 15) is 19.2 Å². The highest BCUT2D eigenvalue weighted by molar-refractivity contribution is 5.97. The summed E-state index contributed by atoms with van der Waals surface area (Å²) in [5.41, 5.74) is 3.87. The van der Waals surface area contributed by atoms with Gasteiger partial charge in [-0.2, -0.15) is 0 Å². The van der Waals surface area contributed by atoms with E-state index in [0.29, 0.717) is 29.3 Å². The number of carbonyl (C=O) groups is 4. The lowest BCUT2D eigenvalue weighted by atomic mass is 9.85. The first-order valence-electron chi connectivity index (χ1n) is 11.7. The SMILES string of the molecule is CCC(CC)[C@@H]1C(=O)N[C@H](C2Cc3ccccc3C2)C(=O)N1Cc1ccc(C=O)cc1C=O. The van der Waals surface area contributed by atoms with Gasteiger partial charge in [0.15, 0.2) is 0 Å². The second-order valence-electron chi connectivity index (χ2n) is 9.10. The average Bonchev–Trinajstić information content (AvgIpc) is 3.27. The number of benzene rings is 2. The summed E-state index contributed by atoms with van der Waals surface area (Å²) >= 11 is 0. The van der Waals surface area contributed by atoms with Gasteiger partial charge in [-0.25, -0.2) is 0 Å². The minimum atomic E-state index is -0.593. The summed E-state index contributed by atoms with van der Waals surface area (Å²) in [5, 5.41) is 3.06. The van der Waals surface area contributed by atoms with Gasteiger partial charge in [0, 0.05) is 17.7 Å². The van der Waals surface area contributed by atoms with Gasteiger partial charge in [-0.05, 0) is 47.4 Å². The lowest BCUT2D eigenvalue weighted by Crippen LogP contribution is -2.66. The van der Waals surface area contributed by atoms with Crippen LogP contribution in [0.3, 0.4) is 0 Å². The van der Waals surface area contributed by atoms with Crippen molar-refractivity contribution in [2.75, 3.05) is 0 Å². The molecule has 1 N–H and O–H groups in total. The van der Waals surface area contributed by atoms with Crippen LogP contribution in [0.1, 0.15) is 64.1 Å². The highest BCUT2D eigenvalue weighted by Crippen LogP contribution is 2.33. The van der Waals surface area contributed by atoms with Gasteiger partial charge < -0.3 is 10.2 Å². The van der Waals surface area contributed by atoms with Crippen molar-refractivity contribution in [2.45, 2.75) is 58.2 Å². The van der Waals surface area contributed by atoms with Gasteiger partial charge in [-0.3, -0.25) is 19.2 Å². The van der Waals surface area contributed by atoms with E-state index in [4.69, 9.17) is 0 Å². The Bertz CT molecular complexity index is 1050. The molecule has 4 rings (SSSR count). The molecule has 0 spiro atoms. The maximum atomic E-state index is 13.8. The fourth-order valence-corrected chi connectivity index (χ4v) is 5.41. The smallest absolute Gasteiger partial charge is 0.246 e. The van der Waals surface area contributed by atoms with Gasteiger partial charge in [0.1, 0.15) is 24.7 Å². The number of hydrogen-bond acceptors (Lipinski definition) is 4. The fourth-order valence-electron chi connectivity index (χ4n) is 5.41. The Kier molecular flexibility index (Phi) is 6.72. The second kappa shape index (κ2) is 9.69. The molecule has 0 radical (unpaired) electrons. The molecule has 1 saturated heterocycles. The Balaban J connectivity index is 1.67. The molecule has 1 heterocycles. The first-order chi connectivity index (χ1) is 16.0. The highest BCUT2D eigenvalue weighted by Gasteiger charge is 2.47. The van der Waals surface area contributed by atoms with Crippen molar-refractivity contribution < 1.29 is 19.2 Å². The average molecular weight is 447 g/mol. The van der Waals surface area contributed by atoms with Crippen LogP contribution in [-0.4, -0.2) is 41.4 Å². The van der Waals surface area contributed by atoms with Gasteiger partial charge in [0.2, 0.25) is 11.8 Å². The van der Waals surface area contributed by atoms with E-state index in [2.05, 4.69) is 17.4 Å². The minimum Gasteiger partial charge on any atom is -0.342 e. The topological polar surface area (TPSA) is 83.6 Å². The fraction of sp³-hybridized carbons (Fsp3) is 0.407. The number of carbonyl (C=O) groups excluding carboxylic acids is 4. The molecule has 6 heteroatoms. The summed E-state index contributed by atoms with van der Waals surface area (Å²) in [7, 11) is 0. The number of amides is 2. The number of hydrogen-bond donors (Lipinski definition) is 1. The Morgan fingerprint density at radius 2 is 1.67 bits per heavy atom. The molecule has 33 heavy (non-hydrogen) atoms. The molecule has 0 saturated carbocycles. The van der Waals surface area contributed by atoms with Crippen molar-refractivity contribution in [2.24, 2.45) is 11.8 Å². The quantitative estimate of drug-likeness (QED) is 0.631. The molecule has 172 valence electrons. The molecule has 1 aliphatic heterocycles. The van der Waals surface area contributed by atoms with Gasteiger partial charge in [0.05, 0.1) is 0 Å². The summed E-state index contributed by atoms with van der Waals surface area (Å²) in [6.07, 6.45) is 4.43. The maximum Gasteiger partial charge on any atom is 0.246 e. The lowest BCUT2D eigenvalue weighted by Gasteiger charge is -2.44. The van der Waals surface area contributed by atoms with Gasteiger partial charge in [-0.1, -0.05) is 63.1 Å². The molecule has 2 aliphatic rings. The van der Waals surface area contributed by atoms with Gasteiger partial charge in [0.25, 0.3) is 0 Å². The molecule has 2 aromatic carbocycles. The van der Waals surface area contributed by atoms with Gasteiger partial charge >= 0.3 is 0 Å². The molecule has 0 bridgehead atoms. The highest BCUT2D eigenvalue weighted by atomic mass is 16.2. The van der Waals surface area contributed by atoms with Crippen molar-refractivity contribution in [3.8, 4) is 0 Å². The Morgan fingerprint density at radius 3 is 2.24 bits per heavy atom. The molecule has 2 aromatic rings. The second-order valence-corrected chi connectivity index (χ2v) is 9.10. The third-order valence-electron chi connectivity index (χ3n) is 7.27. The van der Waals surface area contributed by atoms with Crippen molar-refractivity contribution >= 4 is 24.4 Å². The van der Waals surface area contributed by atoms with Crippen molar-refractivity contribution in [3.63, 3.8) is 0 Å². The summed E-state index contributed by atoms with van der Waals surface area (Å²) in [4.78, 5) is 51.7. The summed E-state index contributed by atoms with van der Waals surface area (Å²) in [6, 6.07) is 11.9. The van der Waals surface area contributed by atoms with E-state index >= 15 is 0 Å². The third-order valence-corrected chi connectivity index (χ3v) is 7.27. The lowest BCUT2D eigenvalue weighted by molar-refractivity contribution is -0.154. The van der Waals surface area contributed by atoms with E-state index in [1.54, 1.807) is 17.0 Å². The van der Waals surface area contributed by atoms with Crippen molar-refractivity contribution in [3.05, 3.63) is 70.3 Å². The minimum absolute atomic E-state index is 0.00647. The van der Waals surface area contributed by atoms with Crippen LogP contribution in [0, 0.1) is 11.8 Å². The third kappa shape index (κ3) is 4.34. The van der Waals surface area contributed by atoms with E-state index in [-0.39, 0.29) is 30.2 Å². The maximum absolute atomic E-state index is 13.8. The number of aldehydes is 2. The summed E-state index contributed by atoms with van der Waals surface area (Å²) < 4.78 is 0. The predicted molar refractivity (Wildman–Crippen MR) is 125 cm³/mol. The van der Waals surface area contributed by atoms with Crippen LogP contribution in [-0.2, 0) is 29.0 Å². The van der Waals surface area contributed by atoms with Crippen molar-refractivity contribution in [1.29, 1.82) is 0 Å². The monoisotopic (exact) mass is 446 g/mol. The first-order valence-corrected chi connectivity index (χ1v) is 11.7. The number of nitrogens with one attached hydrogen (secondary N) is 1. The predicted octanol–water partition coefficient (Wildman–Crippen LogP) is 3.36. The molecule has 1 fully saturated rings. The number of rotatable bonds is 8. The molecular formula is C27H30N2O4. The van der Waals surface area contributed by atoms with Crippen LogP contribution in [0.15, 0.2) is 42.5 Å². The standard InChI is InChI=1S/C27H30N2O4/c1-3-18(4-2)25-26(32)28-24(22-12-19-7-5-6-8-20(19)13-22)27(33)29(25)14-21-10-9-17(15-30)11-23(21)16-31/h5-11,15-16,18,22,24-25H,3-4,12-14H2,1-2H3,(H,28,32)/t24-,25-/m1/s1. The molecule has 1 aliphatic carbocycles. The van der Waals surface area contributed by atoms with Crippen LogP contribution < -0.4 is 5.32 Å². The molecule has 0 unspecified atom stereocenters. The van der Waals surface area contributed by atoms with Crippen molar-refractivity contribution in [1.82, 2.24) is 10.2 Å². The zero-order valence-corrected chi connectivity index (χ0v) is 19.1. The van der Waals surface area contributed by atoms with Crippen LogP contribution in [0.25, 0.3) is 0 Å². The Hall–Kier alpha value is -3.28.